The van der Waals surface area contributed by atoms with Gasteiger partial charge in [0.15, 0.2) is 0 Å². The van der Waals surface area contributed by atoms with Crippen LogP contribution in [0.4, 0.5) is 13.2 Å². The molecule has 0 spiro atoms. The Kier molecular flexibility index (Phi) is 7.27. The number of hydrogen-bond acceptors (Lipinski definition) is 3. The summed E-state index contributed by atoms with van der Waals surface area (Å²) >= 11 is 0. The van der Waals surface area contributed by atoms with Crippen LogP contribution in [-0.2, 0) is 22.1 Å². The molecule has 0 saturated heterocycles. The first-order valence-corrected chi connectivity index (χ1v) is 11.8. The number of aryl methyl sites for hydroxylation is 1. The summed E-state index contributed by atoms with van der Waals surface area (Å²) in [6, 6.07) is 19.6. The van der Waals surface area contributed by atoms with Gasteiger partial charge in [-0.3, -0.25) is 4.79 Å². The molecule has 3 atom stereocenters. The van der Waals surface area contributed by atoms with Crippen molar-refractivity contribution >= 4 is 16.7 Å². The number of ether oxygens (including phenoxy) is 1. The highest BCUT2D eigenvalue weighted by Gasteiger charge is 2.35. The molecule has 0 amide bonds. The van der Waals surface area contributed by atoms with E-state index in [4.69, 9.17) is 0 Å². The fourth-order valence-electron chi connectivity index (χ4n) is 5.18. The van der Waals surface area contributed by atoms with Gasteiger partial charge in [0.1, 0.15) is 0 Å². The monoisotopic (exact) mass is 469 g/mol. The topological polar surface area (TPSA) is 38.3 Å². The lowest BCUT2D eigenvalue weighted by Crippen LogP contribution is -2.29. The molecule has 4 rings (SSSR count). The summed E-state index contributed by atoms with van der Waals surface area (Å²) in [4.78, 5) is 11.4. The number of esters is 1. The van der Waals surface area contributed by atoms with E-state index in [2.05, 4.69) is 47.3 Å². The van der Waals surface area contributed by atoms with Gasteiger partial charge in [-0.25, -0.2) is 0 Å². The smallest absolute Gasteiger partial charge is 0.416 e. The van der Waals surface area contributed by atoms with E-state index in [1.165, 1.54) is 35.6 Å². The molecule has 180 valence electrons. The lowest BCUT2D eigenvalue weighted by Gasteiger charge is -2.22. The van der Waals surface area contributed by atoms with Crippen molar-refractivity contribution in [3.8, 4) is 0 Å². The molecule has 1 unspecified atom stereocenters. The molecule has 0 bridgehead atoms. The first kappa shape index (κ1) is 24.3. The standard InChI is InChI=1S/C28H30F3NO2/c1-18(24-9-5-7-19-6-3-4-8-25(19)24)32-23-14-12-21(16-23)22-11-10-20(13-15-27(33)34-2)26(17-22)28(29,30)31/h3-11,17-18,21,23,32H,12-16H2,1-2H3/t18-,21?,23-/m1/s1. The van der Waals surface area contributed by atoms with Crippen molar-refractivity contribution in [2.45, 2.75) is 63.2 Å². The molecular weight excluding hydrogens is 439 g/mol. The van der Waals surface area contributed by atoms with Gasteiger partial charge >= 0.3 is 12.1 Å². The first-order chi connectivity index (χ1) is 16.3. The quantitative estimate of drug-likeness (QED) is 0.381. The molecule has 0 aliphatic heterocycles. The number of fused-ring (bicyclic) bond motifs is 1. The number of alkyl halides is 3. The highest BCUT2D eigenvalue weighted by Crippen LogP contribution is 2.40. The molecule has 1 saturated carbocycles. The molecule has 34 heavy (non-hydrogen) atoms. The Morgan fingerprint density at radius 1 is 1.09 bits per heavy atom. The molecule has 1 fully saturated rings. The summed E-state index contributed by atoms with van der Waals surface area (Å²) in [6.45, 7) is 2.15. The third-order valence-corrected chi connectivity index (χ3v) is 6.95. The highest BCUT2D eigenvalue weighted by molar-refractivity contribution is 5.86. The molecular formula is C28H30F3NO2. The third kappa shape index (κ3) is 5.44. The zero-order valence-corrected chi connectivity index (χ0v) is 19.5. The Hall–Kier alpha value is -2.86. The van der Waals surface area contributed by atoms with Crippen molar-refractivity contribution in [2.75, 3.05) is 7.11 Å². The minimum atomic E-state index is -4.46. The van der Waals surface area contributed by atoms with Crippen LogP contribution in [0.2, 0.25) is 0 Å². The molecule has 1 aliphatic carbocycles. The van der Waals surface area contributed by atoms with Crippen molar-refractivity contribution in [1.82, 2.24) is 5.32 Å². The van der Waals surface area contributed by atoms with Crippen LogP contribution in [-0.4, -0.2) is 19.1 Å². The minimum absolute atomic E-state index is 0.0131. The van der Waals surface area contributed by atoms with E-state index in [-0.39, 0.29) is 36.4 Å². The fourth-order valence-corrected chi connectivity index (χ4v) is 5.18. The van der Waals surface area contributed by atoms with Gasteiger partial charge in [-0.15, -0.1) is 0 Å². The van der Waals surface area contributed by atoms with E-state index < -0.39 is 17.7 Å². The van der Waals surface area contributed by atoms with Crippen LogP contribution in [0.15, 0.2) is 60.7 Å². The first-order valence-electron chi connectivity index (χ1n) is 11.8. The fraction of sp³-hybridized carbons (Fsp3) is 0.393. The second kappa shape index (κ2) is 10.2. The van der Waals surface area contributed by atoms with E-state index >= 15 is 0 Å². The summed E-state index contributed by atoms with van der Waals surface area (Å²) in [6.07, 6.45) is -1.95. The Morgan fingerprint density at radius 2 is 1.85 bits per heavy atom. The lowest BCUT2D eigenvalue weighted by atomic mass is 9.92. The van der Waals surface area contributed by atoms with E-state index in [1.54, 1.807) is 6.07 Å². The van der Waals surface area contributed by atoms with Gasteiger partial charge in [0.05, 0.1) is 12.7 Å². The van der Waals surface area contributed by atoms with Crippen LogP contribution in [0.25, 0.3) is 10.8 Å². The lowest BCUT2D eigenvalue weighted by molar-refractivity contribution is -0.142. The second-order valence-electron chi connectivity index (χ2n) is 9.15. The molecule has 0 aromatic heterocycles. The average Bonchev–Trinajstić information content (AvgIpc) is 3.29. The van der Waals surface area contributed by atoms with Gasteiger partial charge in [-0.05, 0) is 72.1 Å². The third-order valence-electron chi connectivity index (χ3n) is 6.95. The number of rotatable bonds is 7. The SMILES string of the molecule is COC(=O)CCc1ccc(C2CC[C@@H](N[C@H](C)c3cccc4ccccc34)C2)cc1C(F)(F)F. The summed E-state index contributed by atoms with van der Waals surface area (Å²) in [7, 11) is 1.24. The zero-order valence-electron chi connectivity index (χ0n) is 19.5. The van der Waals surface area contributed by atoms with Crippen molar-refractivity contribution < 1.29 is 22.7 Å². The maximum atomic E-state index is 13.8. The maximum Gasteiger partial charge on any atom is 0.416 e. The van der Waals surface area contributed by atoms with E-state index in [0.717, 1.165) is 24.8 Å². The van der Waals surface area contributed by atoms with Crippen LogP contribution >= 0.6 is 0 Å². The Balaban J connectivity index is 1.46. The number of benzene rings is 3. The molecule has 0 radical (unpaired) electrons. The molecule has 3 aromatic carbocycles. The molecule has 0 heterocycles. The Labute approximate surface area is 198 Å². The molecule has 1 N–H and O–H groups in total. The van der Waals surface area contributed by atoms with E-state index in [9.17, 15) is 18.0 Å². The normalized spacial score (nSPS) is 19.3. The van der Waals surface area contributed by atoms with Gasteiger partial charge in [0.25, 0.3) is 0 Å². The van der Waals surface area contributed by atoms with Crippen molar-refractivity contribution in [1.29, 1.82) is 0 Å². The Bertz CT molecular complexity index is 1150. The second-order valence-corrected chi connectivity index (χ2v) is 9.15. The molecule has 3 aromatic rings. The average molecular weight is 470 g/mol. The highest BCUT2D eigenvalue weighted by atomic mass is 19.4. The predicted octanol–water partition coefficient (Wildman–Crippen LogP) is 6.95. The van der Waals surface area contributed by atoms with Crippen LogP contribution in [0.3, 0.4) is 0 Å². The van der Waals surface area contributed by atoms with Gasteiger partial charge in [0, 0.05) is 18.5 Å². The summed E-state index contributed by atoms with van der Waals surface area (Å²) in [5, 5.41) is 6.13. The molecule has 1 aliphatic rings. The molecule has 3 nitrogen and oxygen atoms in total. The van der Waals surface area contributed by atoms with Gasteiger partial charge in [0.2, 0.25) is 0 Å². The number of methoxy groups -OCH3 is 1. The number of hydrogen-bond donors (Lipinski definition) is 1. The van der Waals surface area contributed by atoms with Crippen molar-refractivity contribution in [3.63, 3.8) is 0 Å². The van der Waals surface area contributed by atoms with E-state index in [0.29, 0.717) is 0 Å². The van der Waals surface area contributed by atoms with Crippen LogP contribution in [0.1, 0.15) is 66.8 Å². The van der Waals surface area contributed by atoms with E-state index in [1.807, 2.05) is 12.1 Å². The summed E-state index contributed by atoms with van der Waals surface area (Å²) < 4.78 is 45.8. The van der Waals surface area contributed by atoms with Crippen LogP contribution < -0.4 is 5.32 Å². The van der Waals surface area contributed by atoms with Crippen molar-refractivity contribution in [3.05, 3.63) is 82.9 Å². The Morgan fingerprint density at radius 3 is 2.62 bits per heavy atom. The zero-order chi connectivity index (χ0) is 24.3. The van der Waals surface area contributed by atoms with Crippen LogP contribution in [0.5, 0.6) is 0 Å². The minimum Gasteiger partial charge on any atom is -0.469 e. The number of nitrogens with one attached hydrogen (secondary N) is 1. The van der Waals surface area contributed by atoms with Gasteiger partial charge in [-0.1, -0.05) is 54.6 Å². The van der Waals surface area contributed by atoms with Gasteiger partial charge < -0.3 is 10.1 Å². The number of carbonyl (C=O) groups excluding carboxylic acids is 1. The van der Waals surface area contributed by atoms with Crippen molar-refractivity contribution in [2.24, 2.45) is 0 Å². The summed E-state index contributed by atoms with van der Waals surface area (Å²) in [5.74, 6) is -0.435. The van der Waals surface area contributed by atoms with Crippen LogP contribution in [0, 0.1) is 0 Å². The number of carbonyl (C=O) groups is 1. The maximum absolute atomic E-state index is 13.8. The number of halogens is 3. The molecule has 6 heteroatoms. The largest absolute Gasteiger partial charge is 0.469 e. The summed E-state index contributed by atoms with van der Waals surface area (Å²) in [5.41, 5.74) is 1.44. The predicted molar refractivity (Wildman–Crippen MR) is 128 cm³/mol. The van der Waals surface area contributed by atoms with Gasteiger partial charge in [-0.2, -0.15) is 13.2 Å².